The van der Waals surface area contributed by atoms with Crippen molar-refractivity contribution in [2.24, 2.45) is 11.8 Å². The molecule has 178 valence electrons. The number of halogens is 1. The SMILES string of the molecule is CC(C)(C)c1cc(C(C)(C)C)cc(C23CC4CC(C2)CC(P(=O)(Br)c2ccccc2)(C4)C3)c1. The van der Waals surface area contributed by atoms with Crippen LogP contribution in [0.1, 0.15) is 96.8 Å². The molecule has 2 aromatic rings. The van der Waals surface area contributed by atoms with Crippen LogP contribution in [0.5, 0.6) is 0 Å². The van der Waals surface area contributed by atoms with Crippen LogP contribution in [0.3, 0.4) is 0 Å². The van der Waals surface area contributed by atoms with Crippen LogP contribution >= 0.6 is 21.3 Å². The number of benzene rings is 2. The highest BCUT2D eigenvalue weighted by Crippen LogP contribution is 2.77. The van der Waals surface area contributed by atoms with Crippen molar-refractivity contribution in [3.8, 4) is 0 Å². The first-order valence-corrected chi connectivity index (χ1v) is 16.5. The molecule has 4 aliphatic rings. The van der Waals surface area contributed by atoms with Gasteiger partial charge >= 0.3 is 0 Å². The Morgan fingerprint density at radius 2 is 1.33 bits per heavy atom. The molecule has 33 heavy (non-hydrogen) atoms. The molecule has 0 amide bonds. The van der Waals surface area contributed by atoms with Crippen molar-refractivity contribution < 1.29 is 4.57 Å². The molecular weight excluding hydrogens is 487 g/mol. The molecule has 0 saturated heterocycles. The lowest BCUT2D eigenvalue weighted by molar-refractivity contribution is 0.00863. The van der Waals surface area contributed by atoms with Gasteiger partial charge in [0.2, 0.25) is 0 Å². The average Bonchev–Trinajstić information content (AvgIpc) is 2.72. The summed E-state index contributed by atoms with van der Waals surface area (Å²) in [5, 5.41) is 0.902. The Kier molecular flexibility index (Phi) is 5.48. The summed E-state index contributed by atoms with van der Waals surface area (Å²) in [5.41, 5.74) is 4.80. The minimum atomic E-state index is -2.68. The predicted octanol–water partition coefficient (Wildman–Crippen LogP) is 8.87. The minimum Gasteiger partial charge on any atom is -0.306 e. The maximum Gasteiger partial charge on any atom is 0.181 e. The highest BCUT2D eigenvalue weighted by atomic mass is 79.9. The van der Waals surface area contributed by atoms with Gasteiger partial charge in [0.15, 0.2) is 5.84 Å². The molecule has 0 aliphatic heterocycles. The van der Waals surface area contributed by atoms with Gasteiger partial charge in [-0.25, -0.2) is 0 Å². The van der Waals surface area contributed by atoms with E-state index in [-0.39, 0.29) is 21.4 Å². The fraction of sp³-hybridized carbons (Fsp3) is 0.600. The molecule has 3 unspecified atom stereocenters. The summed E-state index contributed by atoms with van der Waals surface area (Å²) < 4.78 is 14.6. The predicted molar refractivity (Wildman–Crippen MR) is 146 cm³/mol. The third-order valence-corrected chi connectivity index (χ3v) is 15.2. The Labute approximate surface area is 209 Å². The van der Waals surface area contributed by atoms with E-state index < -0.39 is 5.84 Å². The van der Waals surface area contributed by atoms with Crippen molar-refractivity contribution in [3.63, 3.8) is 0 Å². The van der Waals surface area contributed by atoms with Crippen LogP contribution in [0.15, 0.2) is 48.5 Å². The summed E-state index contributed by atoms with van der Waals surface area (Å²) >= 11 is 3.92. The standard InChI is InChI=1S/C30H40BrOP/c1-27(2,3)23-13-24(28(4,5)6)15-25(14-23)29-16-21-12-22(17-29)19-30(18-21,20-29)33(31,32)26-10-8-7-9-11-26/h7-11,13-15,21-22H,12,16-20H2,1-6H3. The largest absolute Gasteiger partial charge is 0.306 e. The summed E-state index contributed by atoms with van der Waals surface area (Å²) in [4.78, 5) is 0. The summed E-state index contributed by atoms with van der Waals surface area (Å²) in [7, 11) is 0. The molecule has 1 nitrogen and oxygen atoms in total. The lowest BCUT2D eigenvalue weighted by atomic mass is 9.47. The number of rotatable bonds is 3. The Balaban J connectivity index is 1.65. The van der Waals surface area contributed by atoms with Crippen LogP contribution in [0.25, 0.3) is 0 Å². The quantitative estimate of drug-likeness (QED) is 0.365. The van der Waals surface area contributed by atoms with Gasteiger partial charge in [0.1, 0.15) is 0 Å². The first-order chi connectivity index (χ1) is 15.2. The molecule has 2 aromatic carbocycles. The van der Waals surface area contributed by atoms with Crippen molar-refractivity contribution in [1.82, 2.24) is 0 Å². The van der Waals surface area contributed by atoms with E-state index in [0.29, 0.717) is 11.8 Å². The monoisotopic (exact) mass is 526 g/mol. The van der Waals surface area contributed by atoms with Crippen LogP contribution in [0, 0.1) is 11.8 Å². The normalized spacial score (nSPS) is 33.2. The third kappa shape index (κ3) is 3.92. The lowest BCUT2D eigenvalue weighted by Crippen LogP contribution is -2.57. The Bertz CT molecular complexity index is 1060. The molecule has 0 heterocycles. The average molecular weight is 528 g/mol. The molecule has 4 bridgehead atoms. The van der Waals surface area contributed by atoms with Crippen LogP contribution in [0.4, 0.5) is 0 Å². The molecule has 0 aromatic heterocycles. The summed E-state index contributed by atoms with van der Waals surface area (Å²) in [6.45, 7) is 14.0. The van der Waals surface area contributed by atoms with Gasteiger partial charge in [-0.2, -0.15) is 0 Å². The molecule has 4 saturated carbocycles. The second-order valence-corrected chi connectivity index (χ2v) is 19.2. The van der Waals surface area contributed by atoms with Crippen molar-refractivity contribution in [2.45, 2.75) is 101 Å². The smallest absolute Gasteiger partial charge is 0.181 e. The van der Waals surface area contributed by atoms with Crippen molar-refractivity contribution >= 4 is 26.6 Å². The second-order valence-electron chi connectivity index (χ2n) is 13.6. The second kappa shape index (κ2) is 7.57. The zero-order valence-corrected chi connectivity index (χ0v) is 23.7. The van der Waals surface area contributed by atoms with Gasteiger partial charge in [0.05, 0.1) is 0 Å². The first kappa shape index (κ1) is 23.9. The van der Waals surface area contributed by atoms with Gasteiger partial charge in [-0.15, -0.1) is 0 Å². The van der Waals surface area contributed by atoms with Crippen LogP contribution in [-0.2, 0) is 20.8 Å². The number of hydrogen-bond donors (Lipinski definition) is 0. The molecule has 0 spiro atoms. The van der Waals surface area contributed by atoms with Gasteiger partial charge in [-0.05, 0) is 98.8 Å². The van der Waals surface area contributed by atoms with Crippen LogP contribution in [0.2, 0.25) is 0 Å². The molecule has 0 radical (unpaired) electrons. The lowest BCUT2D eigenvalue weighted by Gasteiger charge is -2.63. The third-order valence-electron chi connectivity index (χ3n) is 9.01. The van der Waals surface area contributed by atoms with E-state index in [1.165, 1.54) is 36.0 Å². The molecule has 3 atom stereocenters. The van der Waals surface area contributed by atoms with Crippen LogP contribution < -0.4 is 5.30 Å². The van der Waals surface area contributed by atoms with Crippen molar-refractivity contribution in [3.05, 3.63) is 65.2 Å². The van der Waals surface area contributed by atoms with E-state index in [0.717, 1.165) is 24.6 Å². The Morgan fingerprint density at radius 3 is 1.82 bits per heavy atom. The fourth-order valence-electron chi connectivity index (χ4n) is 7.58. The van der Waals surface area contributed by atoms with Gasteiger partial charge in [0, 0.05) is 10.5 Å². The fourth-order valence-corrected chi connectivity index (χ4v) is 12.1. The van der Waals surface area contributed by atoms with E-state index in [2.05, 4.69) is 87.4 Å². The maximum atomic E-state index is 14.6. The maximum absolute atomic E-state index is 14.6. The van der Waals surface area contributed by atoms with E-state index >= 15 is 0 Å². The summed E-state index contributed by atoms with van der Waals surface area (Å²) in [5.74, 6) is -1.30. The number of hydrogen-bond acceptors (Lipinski definition) is 1. The zero-order valence-electron chi connectivity index (χ0n) is 21.2. The van der Waals surface area contributed by atoms with E-state index in [1.54, 1.807) is 0 Å². The minimum absolute atomic E-state index is 0.113. The van der Waals surface area contributed by atoms with Crippen molar-refractivity contribution in [1.29, 1.82) is 0 Å². The highest BCUT2D eigenvalue weighted by molar-refractivity contribution is 9.41. The Hall–Kier alpha value is -0.850. The van der Waals surface area contributed by atoms with Crippen molar-refractivity contribution in [2.75, 3.05) is 0 Å². The highest BCUT2D eigenvalue weighted by Gasteiger charge is 2.64. The van der Waals surface area contributed by atoms with Gasteiger partial charge in [-0.3, -0.25) is 0 Å². The van der Waals surface area contributed by atoms with Crippen LogP contribution in [-0.4, -0.2) is 5.16 Å². The molecule has 4 fully saturated rings. The van der Waals surface area contributed by atoms with E-state index in [4.69, 9.17) is 0 Å². The first-order valence-electron chi connectivity index (χ1n) is 12.8. The summed E-state index contributed by atoms with van der Waals surface area (Å²) in [6, 6.07) is 17.8. The van der Waals surface area contributed by atoms with E-state index in [9.17, 15) is 4.57 Å². The summed E-state index contributed by atoms with van der Waals surface area (Å²) in [6.07, 6.45) is 7.16. The van der Waals surface area contributed by atoms with E-state index in [1.807, 2.05) is 18.2 Å². The van der Waals surface area contributed by atoms with Gasteiger partial charge < -0.3 is 4.57 Å². The molecule has 4 aliphatic carbocycles. The topological polar surface area (TPSA) is 17.1 Å². The van der Waals surface area contributed by atoms with Gasteiger partial charge in [-0.1, -0.05) is 90.1 Å². The zero-order chi connectivity index (χ0) is 23.9. The molecular formula is C30H40BrOP. The molecule has 6 rings (SSSR count). The molecule has 0 N–H and O–H groups in total. The van der Waals surface area contributed by atoms with Gasteiger partial charge in [0.25, 0.3) is 0 Å². The Morgan fingerprint density at radius 1 is 0.818 bits per heavy atom. The molecule has 3 heteroatoms.